The molecule has 0 unspecified atom stereocenters. The molecule has 19 heavy (non-hydrogen) atoms. The summed E-state index contributed by atoms with van der Waals surface area (Å²) in [7, 11) is 2.12. The SMILES string of the molecule is CC(C)NCc1cc(N(C)Cc2cccs2)ccn1. The normalized spacial score (nSPS) is 10.9. The first-order valence-electron chi connectivity index (χ1n) is 6.57. The molecule has 0 radical (unpaired) electrons. The van der Waals surface area contributed by atoms with E-state index in [4.69, 9.17) is 0 Å². The van der Waals surface area contributed by atoms with Crippen LogP contribution in [-0.4, -0.2) is 18.1 Å². The highest BCUT2D eigenvalue weighted by Gasteiger charge is 2.05. The van der Waals surface area contributed by atoms with Crippen molar-refractivity contribution in [2.24, 2.45) is 0 Å². The first-order chi connectivity index (χ1) is 9.15. The smallest absolute Gasteiger partial charge is 0.0562 e. The first-order valence-corrected chi connectivity index (χ1v) is 7.45. The van der Waals surface area contributed by atoms with Crippen LogP contribution >= 0.6 is 11.3 Å². The third-order valence-corrected chi connectivity index (χ3v) is 3.77. The molecule has 0 amide bonds. The van der Waals surface area contributed by atoms with E-state index in [-0.39, 0.29) is 0 Å². The summed E-state index contributed by atoms with van der Waals surface area (Å²) < 4.78 is 0. The Morgan fingerprint density at radius 3 is 2.89 bits per heavy atom. The zero-order chi connectivity index (χ0) is 13.7. The molecule has 0 atom stereocenters. The fourth-order valence-corrected chi connectivity index (χ4v) is 2.59. The molecule has 2 rings (SSSR count). The molecule has 0 saturated heterocycles. The van der Waals surface area contributed by atoms with Crippen LogP contribution in [0.4, 0.5) is 5.69 Å². The van der Waals surface area contributed by atoms with Crippen LogP contribution in [0.3, 0.4) is 0 Å². The Kier molecular flexibility index (Phi) is 4.93. The molecular formula is C15H21N3S. The minimum Gasteiger partial charge on any atom is -0.369 e. The van der Waals surface area contributed by atoms with Gasteiger partial charge in [0.05, 0.1) is 12.2 Å². The lowest BCUT2D eigenvalue weighted by atomic mass is 10.2. The van der Waals surface area contributed by atoms with Crippen molar-refractivity contribution in [1.29, 1.82) is 0 Å². The van der Waals surface area contributed by atoms with Gasteiger partial charge in [0, 0.05) is 36.4 Å². The maximum absolute atomic E-state index is 4.40. The lowest BCUT2D eigenvalue weighted by molar-refractivity contribution is 0.581. The van der Waals surface area contributed by atoms with E-state index in [0.29, 0.717) is 6.04 Å². The molecule has 102 valence electrons. The van der Waals surface area contributed by atoms with Crippen molar-refractivity contribution < 1.29 is 0 Å². The highest BCUT2D eigenvalue weighted by Crippen LogP contribution is 2.18. The van der Waals surface area contributed by atoms with Gasteiger partial charge in [-0.2, -0.15) is 0 Å². The van der Waals surface area contributed by atoms with Gasteiger partial charge < -0.3 is 10.2 Å². The molecular weight excluding hydrogens is 254 g/mol. The molecule has 3 nitrogen and oxygen atoms in total. The topological polar surface area (TPSA) is 28.2 Å². The Morgan fingerprint density at radius 2 is 2.21 bits per heavy atom. The standard InChI is InChI=1S/C15H21N3S/c1-12(2)17-10-13-9-14(6-7-16-13)18(3)11-15-5-4-8-19-15/h4-9,12,17H,10-11H2,1-3H3. The van der Waals surface area contributed by atoms with Gasteiger partial charge in [-0.25, -0.2) is 0 Å². The minimum absolute atomic E-state index is 0.481. The second-order valence-corrected chi connectivity index (χ2v) is 6.01. The Morgan fingerprint density at radius 1 is 1.37 bits per heavy atom. The molecule has 2 heterocycles. The van der Waals surface area contributed by atoms with Crippen LogP contribution in [0.25, 0.3) is 0 Å². The zero-order valence-corrected chi connectivity index (χ0v) is 12.6. The van der Waals surface area contributed by atoms with Gasteiger partial charge in [0.1, 0.15) is 0 Å². The minimum atomic E-state index is 0.481. The average molecular weight is 275 g/mol. The molecule has 4 heteroatoms. The predicted octanol–water partition coefficient (Wildman–Crippen LogP) is 3.28. The largest absolute Gasteiger partial charge is 0.369 e. The summed E-state index contributed by atoms with van der Waals surface area (Å²) in [6.45, 7) is 6.05. The summed E-state index contributed by atoms with van der Waals surface area (Å²) >= 11 is 1.79. The summed E-state index contributed by atoms with van der Waals surface area (Å²) in [4.78, 5) is 8.04. The number of rotatable bonds is 6. The van der Waals surface area contributed by atoms with Crippen LogP contribution < -0.4 is 10.2 Å². The van der Waals surface area contributed by atoms with E-state index >= 15 is 0 Å². The van der Waals surface area contributed by atoms with Gasteiger partial charge in [-0.3, -0.25) is 4.98 Å². The predicted molar refractivity (Wildman–Crippen MR) is 82.6 cm³/mol. The fraction of sp³-hybridized carbons (Fsp3) is 0.400. The Balaban J connectivity index is 2.01. The molecule has 1 N–H and O–H groups in total. The number of anilines is 1. The monoisotopic (exact) mass is 275 g/mol. The molecule has 0 aliphatic heterocycles. The molecule has 0 aliphatic rings. The highest BCUT2D eigenvalue weighted by atomic mass is 32.1. The maximum Gasteiger partial charge on any atom is 0.0562 e. The number of aromatic nitrogens is 1. The summed E-state index contributed by atoms with van der Waals surface area (Å²) in [5, 5.41) is 5.51. The van der Waals surface area contributed by atoms with E-state index in [2.05, 4.69) is 65.7 Å². The van der Waals surface area contributed by atoms with Gasteiger partial charge in [-0.1, -0.05) is 19.9 Å². The molecule has 0 bridgehead atoms. The van der Waals surface area contributed by atoms with Gasteiger partial charge in [0.25, 0.3) is 0 Å². The summed E-state index contributed by atoms with van der Waals surface area (Å²) in [5.41, 5.74) is 2.30. The maximum atomic E-state index is 4.40. The number of nitrogens with one attached hydrogen (secondary N) is 1. The molecule has 2 aromatic rings. The van der Waals surface area contributed by atoms with Crippen molar-refractivity contribution in [3.63, 3.8) is 0 Å². The van der Waals surface area contributed by atoms with Gasteiger partial charge >= 0.3 is 0 Å². The van der Waals surface area contributed by atoms with Gasteiger partial charge in [-0.05, 0) is 23.6 Å². The van der Waals surface area contributed by atoms with Crippen molar-refractivity contribution in [3.8, 4) is 0 Å². The van der Waals surface area contributed by atoms with E-state index in [9.17, 15) is 0 Å². The van der Waals surface area contributed by atoms with Crippen LogP contribution in [0, 0.1) is 0 Å². The molecule has 0 saturated carbocycles. The molecule has 0 spiro atoms. The third kappa shape index (κ3) is 4.33. The van der Waals surface area contributed by atoms with Crippen molar-refractivity contribution in [3.05, 3.63) is 46.4 Å². The van der Waals surface area contributed by atoms with Crippen molar-refractivity contribution >= 4 is 17.0 Å². The Hall–Kier alpha value is -1.39. The second kappa shape index (κ2) is 6.68. The van der Waals surface area contributed by atoms with Crippen LogP contribution in [-0.2, 0) is 13.1 Å². The fourth-order valence-electron chi connectivity index (χ4n) is 1.84. The molecule has 0 aromatic carbocycles. The molecule has 0 aliphatic carbocycles. The van der Waals surface area contributed by atoms with Crippen molar-refractivity contribution in [2.45, 2.75) is 33.0 Å². The number of nitrogens with zero attached hydrogens (tertiary/aromatic N) is 2. The number of thiophene rings is 1. The molecule has 0 fully saturated rings. The first kappa shape index (κ1) is 14.0. The van der Waals surface area contributed by atoms with Gasteiger partial charge in [0.15, 0.2) is 0 Å². The van der Waals surface area contributed by atoms with Gasteiger partial charge in [0.2, 0.25) is 0 Å². The van der Waals surface area contributed by atoms with Crippen molar-refractivity contribution in [1.82, 2.24) is 10.3 Å². The summed E-state index contributed by atoms with van der Waals surface area (Å²) in [5.74, 6) is 0. The van der Waals surface area contributed by atoms with E-state index in [1.54, 1.807) is 11.3 Å². The van der Waals surface area contributed by atoms with Crippen LogP contribution in [0.1, 0.15) is 24.4 Å². The second-order valence-electron chi connectivity index (χ2n) is 4.98. The lowest BCUT2D eigenvalue weighted by Gasteiger charge is -2.19. The average Bonchev–Trinajstić information content (AvgIpc) is 2.89. The highest BCUT2D eigenvalue weighted by molar-refractivity contribution is 7.09. The number of hydrogen-bond acceptors (Lipinski definition) is 4. The molecule has 2 aromatic heterocycles. The van der Waals surface area contributed by atoms with Crippen LogP contribution in [0.15, 0.2) is 35.8 Å². The van der Waals surface area contributed by atoms with E-state index in [0.717, 1.165) is 18.8 Å². The lowest BCUT2D eigenvalue weighted by Crippen LogP contribution is -2.23. The summed E-state index contributed by atoms with van der Waals surface area (Å²) in [6.07, 6.45) is 1.89. The Bertz CT molecular complexity index is 494. The Labute approximate surface area is 119 Å². The summed E-state index contributed by atoms with van der Waals surface area (Å²) in [6, 6.07) is 8.96. The number of hydrogen-bond donors (Lipinski definition) is 1. The zero-order valence-electron chi connectivity index (χ0n) is 11.8. The number of pyridine rings is 1. The van der Waals surface area contributed by atoms with Crippen LogP contribution in [0.2, 0.25) is 0 Å². The van der Waals surface area contributed by atoms with E-state index in [1.807, 2.05) is 6.20 Å². The van der Waals surface area contributed by atoms with Gasteiger partial charge in [-0.15, -0.1) is 11.3 Å². The van der Waals surface area contributed by atoms with E-state index < -0.39 is 0 Å². The quantitative estimate of drug-likeness (QED) is 0.877. The van der Waals surface area contributed by atoms with Crippen LogP contribution in [0.5, 0.6) is 0 Å². The third-order valence-electron chi connectivity index (χ3n) is 2.91. The van der Waals surface area contributed by atoms with E-state index in [1.165, 1.54) is 10.6 Å². The van der Waals surface area contributed by atoms with Crippen molar-refractivity contribution in [2.75, 3.05) is 11.9 Å².